The Kier molecular flexibility index (Phi) is 4.51. The first-order chi connectivity index (χ1) is 7.44. The number of ether oxygens (including phenoxy) is 1. The molecule has 90 valence electrons. The molecule has 1 rings (SSSR count). The van der Waals surface area contributed by atoms with Crippen molar-refractivity contribution >= 4 is 0 Å². The molecular weight excluding hydrogens is 198 g/mol. The number of methoxy groups -OCH3 is 1. The van der Waals surface area contributed by atoms with Gasteiger partial charge in [-0.25, -0.2) is 0 Å². The Hall–Kier alpha value is -0.860. The Balaban J connectivity index is 2.72. The van der Waals surface area contributed by atoms with Crippen LogP contribution in [-0.2, 0) is 4.74 Å². The molecule has 0 heterocycles. The van der Waals surface area contributed by atoms with Gasteiger partial charge in [0, 0.05) is 19.2 Å². The number of hydrogen-bond donors (Lipinski definition) is 1. The van der Waals surface area contributed by atoms with Crippen LogP contribution in [0.3, 0.4) is 0 Å². The number of benzene rings is 1. The van der Waals surface area contributed by atoms with Gasteiger partial charge in [0.2, 0.25) is 0 Å². The molecule has 0 amide bonds. The topological polar surface area (TPSA) is 21.3 Å². The smallest absolute Gasteiger partial charge is 0.0948 e. The zero-order chi connectivity index (χ0) is 12.2. The summed E-state index contributed by atoms with van der Waals surface area (Å²) in [6, 6.07) is 8.38. The first-order valence-electron chi connectivity index (χ1n) is 5.77. The van der Waals surface area contributed by atoms with Crippen molar-refractivity contribution in [1.82, 2.24) is 5.32 Å². The standard InChI is InChI=1S/C14H23NO/c1-11-8-6-7-9-12(11)13(16-5)10-15-14(2,3)4/h6-9,13,15H,10H2,1-5H3. The van der Waals surface area contributed by atoms with Crippen LogP contribution in [0.1, 0.15) is 38.0 Å². The first-order valence-corrected chi connectivity index (χ1v) is 5.77. The van der Waals surface area contributed by atoms with Gasteiger partial charge in [-0.2, -0.15) is 0 Å². The predicted molar refractivity (Wildman–Crippen MR) is 68.7 cm³/mol. The van der Waals surface area contributed by atoms with Crippen LogP contribution in [0.15, 0.2) is 24.3 Å². The van der Waals surface area contributed by atoms with Gasteiger partial charge in [-0.15, -0.1) is 0 Å². The highest BCUT2D eigenvalue weighted by Crippen LogP contribution is 2.20. The quantitative estimate of drug-likeness (QED) is 0.843. The summed E-state index contributed by atoms with van der Waals surface area (Å²) in [4.78, 5) is 0. The fourth-order valence-corrected chi connectivity index (χ4v) is 1.67. The number of aryl methyl sites for hydroxylation is 1. The van der Waals surface area contributed by atoms with Crippen LogP contribution in [0.25, 0.3) is 0 Å². The lowest BCUT2D eigenvalue weighted by Crippen LogP contribution is -2.39. The van der Waals surface area contributed by atoms with Gasteiger partial charge in [0.25, 0.3) is 0 Å². The SMILES string of the molecule is COC(CNC(C)(C)C)c1ccccc1C. The van der Waals surface area contributed by atoms with Gasteiger partial charge < -0.3 is 10.1 Å². The molecule has 0 saturated heterocycles. The van der Waals surface area contributed by atoms with E-state index in [2.05, 4.69) is 57.3 Å². The van der Waals surface area contributed by atoms with Gasteiger partial charge in [0.1, 0.15) is 0 Å². The minimum Gasteiger partial charge on any atom is -0.375 e. The molecule has 0 radical (unpaired) electrons. The van der Waals surface area contributed by atoms with E-state index in [1.807, 2.05) is 0 Å². The van der Waals surface area contributed by atoms with Crippen molar-refractivity contribution in [3.8, 4) is 0 Å². The van der Waals surface area contributed by atoms with E-state index in [0.29, 0.717) is 0 Å². The molecule has 2 heteroatoms. The van der Waals surface area contributed by atoms with Crippen LogP contribution in [0.2, 0.25) is 0 Å². The van der Waals surface area contributed by atoms with E-state index < -0.39 is 0 Å². The van der Waals surface area contributed by atoms with Gasteiger partial charge in [-0.1, -0.05) is 24.3 Å². The van der Waals surface area contributed by atoms with E-state index in [4.69, 9.17) is 4.74 Å². The monoisotopic (exact) mass is 221 g/mol. The Labute approximate surface area is 99.0 Å². The minimum absolute atomic E-state index is 0.124. The van der Waals surface area contributed by atoms with Crippen LogP contribution in [0.4, 0.5) is 0 Å². The summed E-state index contributed by atoms with van der Waals surface area (Å²) in [6.45, 7) is 9.45. The molecule has 1 N–H and O–H groups in total. The van der Waals surface area contributed by atoms with Crippen molar-refractivity contribution in [2.45, 2.75) is 39.3 Å². The number of hydrogen-bond acceptors (Lipinski definition) is 2. The van der Waals surface area contributed by atoms with E-state index >= 15 is 0 Å². The second kappa shape index (κ2) is 5.46. The molecule has 1 aromatic rings. The average Bonchev–Trinajstić information content (AvgIpc) is 2.20. The second-order valence-electron chi connectivity index (χ2n) is 5.21. The van der Waals surface area contributed by atoms with Crippen molar-refractivity contribution in [3.63, 3.8) is 0 Å². The highest BCUT2D eigenvalue weighted by Gasteiger charge is 2.16. The van der Waals surface area contributed by atoms with Crippen molar-refractivity contribution < 1.29 is 4.74 Å². The molecule has 1 unspecified atom stereocenters. The van der Waals surface area contributed by atoms with Crippen molar-refractivity contribution in [2.75, 3.05) is 13.7 Å². The second-order valence-corrected chi connectivity index (χ2v) is 5.21. The van der Waals surface area contributed by atoms with Gasteiger partial charge in [-0.05, 0) is 38.8 Å². The molecule has 0 aliphatic carbocycles. The molecule has 0 aromatic heterocycles. The molecule has 1 aromatic carbocycles. The van der Waals surface area contributed by atoms with Crippen LogP contribution in [0.5, 0.6) is 0 Å². The van der Waals surface area contributed by atoms with Gasteiger partial charge >= 0.3 is 0 Å². The van der Waals surface area contributed by atoms with Crippen LogP contribution >= 0.6 is 0 Å². The minimum atomic E-state index is 0.124. The molecule has 1 atom stereocenters. The third-order valence-electron chi connectivity index (χ3n) is 2.64. The summed E-state index contributed by atoms with van der Waals surface area (Å²) in [5.74, 6) is 0. The molecule has 0 fully saturated rings. The third kappa shape index (κ3) is 3.95. The van der Waals surface area contributed by atoms with E-state index in [1.54, 1.807) is 7.11 Å². The normalized spacial score (nSPS) is 13.8. The zero-order valence-electron chi connectivity index (χ0n) is 11.0. The largest absolute Gasteiger partial charge is 0.375 e. The molecule has 0 spiro atoms. The maximum absolute atomic E-state index is 5.55. The molecule has 0 bridgehead atoms. The Bertz CT molecular complexity index is 328. The molecule has 16 heavy (non-hydrogen) atoms. The summed E-state index contributed by atoms with van der Waals surface area (Å²) in [7, 11) is 1.77. The number of nitrogens with one attached hydrogen (secondary N) is 1. The van der Waals surface area contributed by atoms with Crippen molar-refractivity contribution in [1.29, 1.82) is 0 Å². The Morgan fingerprint density at radius 3 is 2.38 bits per heavy atom. The predicted octanol–water partition coefficient (Wildman–Crippen LogP) is 3.07. The van der Waals surface area contributed by atoms with E-state index in [0.717, 1.165) is 6.54 Å². The maximum Gasteiger partial charge on any atom is 0.0948 e. The molecule has 0 aliphatic rings. The van der Waals surface area contributed by atoms with Crippen molar-refractivity contribution in [3.05, 3.63) is 35.4 Å². The fraction of sp³-hybridized carbons (Fsp3) is 0.571. The average molecular weight is 221 g/mol. The maximum atomic E-state index is 5.55. The third-order valence-corrected chi connectivity index (χ3v) is 2.64. The van der Waals surface area contributed by atoms with Crippen LogP contribution in [0, 0.1) is 6.92 Å². The summed E-state index contributed by atoms with van der Waals surface area (Å²) in [6.07, 6.45) is 0.125. The van der Waals surface area contributed by atoms with Gasteiger partial charge in [0.05, 0.1) is 6.10 Å². The van der Waals surface area contributed by atoms with Gasteiger partial charge in [0.15, 0.2) is 0 Å². The highest BCUT2D eigenvalue weighted by atomic mass is 16.5. The summed E-state index contributed by atoms with van der Waals surface area (Å²) in [5.41, 5.74) is 2.67. The summed E-state index contributed by atoms with van der Waals surface area (Å²) >= 11 is 0. The lowest BCUT2D eigenvalue weighted by molar-refractivity contribution is 0.0954. The van der Waals surface area contributed by atoms with Crippen LogP contribution < -0.4 is 5.32 Å². The van der Waals surface area contributed by atoms with Gasteiger partial charge in [-0.3, -0.25) is 0 Å². The zero-order valence-corrected chi connectivity index (χ0v) is 11.0. The lowest BCUT2D eigenvalue weighted by atomic mass is 10.0. The van der Waals surface area contributed by atoms with E-state index in [-0.39, 0.29) is 11.6 Å². The van der Waals surface area contributed by atoms with E-state index in [9.17, 15) is 0 Å². The Morgan fingerprint density at radius 1 is 1.25 bits per heavy atom. The van der Waals surface area contributed by atoms with Crippen LogP contribution in [-0.4, -0.2) is 19.2 Å². The summed E-state index contributed by atoms with van der Waals surface area (Å²) in [5, 5.41) is 3.47. The van der Waals surface area contributed by atoms with Crippen molar-refractivity contribution in [2.24, 2.45) is 0 Å². The molecular formula is C14H23NO. The van der Waals surface area contributed by atoms with E-state index in [1.165, 1.54) is 11.1 Å². The summed E-state index contributed by atoms with van der Waals surface area (Å²) < 4.78 is 5.55. The number of rotatable bonds is 4. The molecule has 0 saturated carbocycles. The molecule has 0 aliphatic heterocycles. The lowest BCUT2D eigenvalue weighted by Gasteiger charge is -2.25. The first kappa shape index (κ1) is 13.2. The highest BCUT2D eigenvalue weighted by molar-refractivity contribution is 5.28. The molecule has 2 nitrogen and oxygen atoms in total. The Morgan fingerprint density at radius 2 is 1.88 bits per heavy atom. The fourth-order valence-electron chi connectivity index (χ4n) is 1.67.